The van der Waals surface area contributed by atoms with E-state index in [-0.39, 0.29) is 0 Å². The zero-order chi connectivity index (χ0) is 12.1. The standard InChI is InChI=1S/C15H19NO/c1-12-6-3-4-8-15(12)13(2)16-10-9-14-7-5-11-17-14/h3-8,11,13,16H,9-10H2,1-2H3. The molecule has 1 aromatic heterocycles. The fourth-order valence-electron chi connectivity index (χ4n) is 2.05. The van der Waals surface area contributed by atoms with E-state index < -0.39 is 0 Å². The lowest BCUT2D eigenvalue weighted by molar-refractivity contribution is 0.485. The summed E-state index contributed by atoms with van der Waals surface area (Å²) >= 11 is 0. The molecule has 2 rings (SSSR count). The molecule has 2 aromatic rings. The van der Waals surface area contributed by atoms with Gasteiger partial charge in [-0.1, -0.05) is 24.3 Å². The molecule has 0 saturated carbocycles. The quantitative estimate of drug-likeness (QED) is 0.849. The normalized spacial score (nSPS) is 12.6. The summed E-state index contributed by atoms with van der Waals surface area (Å²) < 4.78 is 5.30. The maximum atomic E-state index is 5.30. The summed E-state index contributed by atoms with van der Waals surface area (Å²) in [7, 11) is 0. The van der Waals surface area contributed by atoms with Crippen molar-refractivity contribution in [2.75, 3.05) is 6.54 Å². The van der Waals surface area contributed by atoms with E-state index >= 15 is 0 Å². The smallest absolute Gasteiger partial charge is 0.105 e. The first kappa shape index (κ1) is 11.9. The van der Waals surface area contributed by atoms with E-state index in [4.69, 9.17) is 4.42 Å². The van der Waals surface area contributed by atoms with Gasteiger partial charge in [-0.15, -0.1) is 0 Å². The van der Waals surface area contributed by atoms with Crippen molar-refractivity contribution in [3.8, 4) is 0 Å². The van der Waals surface area contributed by atoms with Gasteiger partial charge >= 0.3 is 0 Å². The molecule has 1 unspecified atom stereocenters. The Labute approximate surface area is 103 Å². The fourth-order valence-corrected chi connectivity index (χ4v) is 2.05. The zero-order valence-corrected chi connectivity index (χ0v) is 10.4. The van der Waals surface area contributed by atoms with Gasteiger partial charge in [-0.3, -0.25) is 0 Å². The molecule has 0 aliphatic rings. The topological polar surface area (TPSA) is 25.2 Å². The van der Waals surface area contributed by atoms with E-state index in [0.29, 0.717) is 6.04 Å². The average Bonchev–Trinajstić information content (AvgIpc) is 2.82. The zero-order valence-electron chi connectivity index (χ0n) is 10.4. The van der Waals surface area contributed by atoms with Crippen LogP contribution in [0.5, 0.6) is 0 Å². The Morgan fingerprint density at radius 1 is 1.18 bits per heavy atom. The first-order valence-electron chi connectivity index (χ1n) is 6.08. The van der Waals surface area contributed by atoms with Crippen LogP contribution >= 0.6 is 0 Å². The van der Waals surface area contributed by atoms with Crippen molar-refractivity contribution in [1.29, 1.82) is 0 Å². The number of hydrogen-bond donors (Lipinski definition) is 1. The Morgan fingerprint density at radius 2 is 2.00 bits per heavy atom. The average molecular weight is 229 g/mol. The van der Waals surface area contributed by atoms with E-state index in [9.17, 15) is 0 Å². The van der Waals surface area contributed by atoms with Gasteiger partial charge in [0, 0.05) is 19.0 Å². The number of benzene rings is 1. The van der Waals surface area contributed by atoms with E-state index in [1.807, 2.05) is 12.1 Å². The maximum Gasteiger partial charge on any atom is 0.105 e. The van der Waals surface area contributed by atoms with Gasteiger partial charge < -0.3 is 9.73 Å². The van der Waals surface area contributed by atoms with Gasteiger partial charge in [0.15, 0.2) is 0 Å². The lowest BCUT2D eigenvalue weighted by atomic mass is 10.0. The SMILES string of the molecule is Cc1ccccc1C(C)NCCc1ccco1. The number of furan rings is 1. The largest absolute Gasteiger partial charge is 0.469 e. The highest BCUT2D eigenvalue weighted by Gasteiger charge is 2.06. The van der Waals surface area contributed by atoms with E-state index in [2.05, 4.69) is 43.4 Å². The lowest BCUT2D eigenvalue weighted by Crippen LogP contribution is -2.21. The molecule has 0 radical (unpaired) electrons. The van der Waals surface area contributed by atoms with Gasteiger partial charge in [0.2, 0.25) is 0 Å². The first-order valence-corrected chi connectivity index (χ1v) is 6.08. The van der Waals surface area contributed by atoms with Crippen LogP contribution < -0.4 is 5.32 Å². The molecule has 0 amide bonds. The minimum absolute atomic E-state index is 0.381. The van der Waals surface area contributed by atoms with Crippen LogP contribution in [0.2, 0.25) is 0 Å². The van der Waals surface area contributed by atoms with Crippen molar-refractivity contribution < 1.29 is 4.42 Å². The third kappa shape index (κ3) is 3.21. The monoisotopic (exact) mass is 229 g/mol. The van der Waals surface area contributed by atoms with Crippen LogP contribution in [0.15, 0.2) is 47.1 Å². The molecular formula is C15H19NO. The van der Waals surface area contributed by atoms with Gasteiger partial charge in [0.25, 0.3) is 0 Å². The van der Waals surface area contributed by atoms with Crippen LogP contribution in [-0.4, -0.2) is 6.54 Å². The summed E-state index contributed by atoms with van der Waals surface area (Å²) in [5.74, 6) is 1.04. The minimum atomic E-state index is 0.381. The molecule has 0 spiro atoms. The third-order valence-corrected chi connectivity index (χ3v) is 3.06. The number of nitrogens with one attached hydrogen (secondary N) is 1. The molecule has 1 N–H and O–H groups in total. The third-order valence-electron chi connectivity index (χ3n) is 3.06. The number of rotatable bonds is 5. The van der Waals surface area contributed by atoms with Crippen molar-refractivity contribution in [1.82, 2.24) is 5.32 Å². The summed E-state index contributed by atoms with van der Waals surface area (Å²) in [6.07, 6.45) is 2.66. The van der Waals surface area contributed by atoms with Gasteiger partial charge in [-0.2, -0.15) is 0 Å². The van der Waals surface area contributed by atoms with Crippen molar-refractivity contribution in [2.45, 2.75) is 26.3 Å². The Balaban J connectivity index is 1.85. The number of hydrogen-bond acceptors (Lipinski definition) is 2. The predicted molar refractivity (Wildman–Crippen MR) is 70.0 cm³/mol. The van der Waals surface area contributed by atoms with Crippen molar-refractivity contribution >= 4 is 0 Å². The Morgan fingerprint density at radius 3 is 2.71 bits per heavy atom. The first-order chi connectivity index (χ1) is 8.27. The lowest BCUT2D eigenvalue weighted by Gasteiger charge is -2.16. The van der Waals surface area contributed by atoms with Crippen molar-refractivity contribution in [2.24, 2.45) is 0 Å². The van der Waals surface area contributed by atoms with Crippen LogP contribution in [-0.2, 0) is 6.42 Å². The highest BCUT2D eigenvalue weighted by Crippen LogP contribution is 2.16. The summed E-state index contributed by atoms with van der Waals surface area (Å²) in [6.45, 7) is 5.29. The highest BCUT2D eigenvalue weighted by molar-refractivity contribution is 5.28. The molecule has 1 heterocycles. The van der Waals surface area contributed by atoms with Crippen molar-refractivity contribution in [3.63, 3.8) is 0 Å². The van der Waals surface area contributed by atoms with Gasteiger partial charge in [-0.25, -0.2) is 0 Å². The molecule has 2 heteroatoms. The molecule has 1 aromatic carbocycles. The highest BCUT2D eigenvalue weighted by atomic mass is 16.3. The molecule has 90 valence electrons. The maximum absolute atomic E-state index is 5.30. The molecule has 0 saturated heterocycles. The Hall–Kier alpha value is -1.54. The Bertz CT molecular complexity index is 448. The molecular weight excluding hydrogens is 210 g/mol. The molecule has 17 heavy (non-hydrogen) atoms. The molecule has 0 aliphatic heterocycles. The number of aryl methyl sites for hydroxylation is 1. The van der Waals surface area contributed by atoms with Crippen LogP contribution in [0, 0.1) is 6.92 Å². The van der Waals surface area contributed by atoms with Crippen LogP contribution in [0.25, 0.3) is 0 Å². The summed E-state index contributed by atoms with van der Waals surface area (Å²) in [4.78, 5) is 0. The second-order valence-electron chi connectivity index (χ2n) is 4.36. The summed E-state index contributed by atoms with van der Waals surface area (Å²) in [5.41, 5.74) is 2.71. The van der Waals surface area contributed by atoms with E-state index in [1.54, 1.807) is 6.26 Å². The molecule has 1 atom stereocenters. The van der Waals surface area contributed by atoms with Crippen LogP contribution in [0.3, 0.4) is 0 Å². The van der Waals surface area contributed by atoms with Crippen molar-refractivity contribution in [3.05, 3.63) is 59.5 Å². The minimum Gasteiger partial charge on any atom is -0.469 e. The van der Waals surface area contributed by atoms with Gasteiger partial charge in [0.05, 0.1) is 6.26 Å². The second kappa shape index (κ2) is 5.69. The van der Waals surface area contributed by atoms with Crippen LogP contribution in [0.4, 0.5) is 0 Å². The molecule has 0 fully saturated rings. The fraction of sp³-hybridized carbons (Fsp3) is 0.333. The van der Waals surface area contributed by atoms with Gasteiger partial charge in [-0.05, 0) is 37.1 Å². The second-order valence-corrected chi connectivity index (χ2v) is 4.36. The molecule has 2 nitrogen and oxygen atoms in total. The Kier molecular flexibility index (Phi) is 3.99. The molecule has 0 aliphatic carbocycles. The molecule has 0 bridgehead atoms. The van der Waals surface area contributed by atoms with E-state index in [0.717, 1.165) is 18.7 Å². The van der Waals surface area contributed by atoms with Crippen LogP contribution in [0.1, 0.15) is 29.9 Å². The summed E-state index contributed by atoms with van der Waals surface area (Å²) in [5, 5.41) is 3.52. The predicted octanol–water partition coefficient (Wildman–Crippen LogP) is 3.48. The summed E-state index contributed by atoms with van der Waals surface area (Å²) in [6, 6.07) is 12.8. The van der Waals surface area contributed by atoms with Gasteiger partial charge in [0.1, 0.15) is 5.76 Å². The van der Waals surface area contributed by atoms with E-state index in [1.165, 1.54) is 11.1 Å².